The van der Waals surface area contributed by atoms with E-state index in [-0.39, 0.29) is 5.56 Å². The van der Waals surface area contributed by atoms with Crippen LogP contribution >= 0.6 is 22.6 Å². The summed E-state index contributed by atoms with van der Waals surface area (Å²) < 4.78 is 91.1. The second kappa shape index (κ2) is 5.97. The Morgan fingerprint density at radius 2 is 1.67 bits per heavy atom. The van der Waals surface area contributed by atoms with Crippen LogP contribution in [0, 0.1) is 3.57 Å². The molecule has 0 spiro atoms. The average Bonchev–Trinajstić information content (AvgIpc) is 2.34. The Morgan fingerprint density at radius 1 is 1.10 bits per heavy atom. The molecule has 0 saturated carbocycles. The van der Waals surface area contributed by atoms with Gasteiger partial charge in [0.05, 0.1) is 0 Å². The van der Waals surface area contributed by atoms with Crippen LogP contribution < -0.4 is 0 Å². The Bertz CT molecular complexity index is 528. The topological polar surface area (TPSA) is 26.3 Å². The Balaban J connectivity index is 2.83. The third kappa shape index (κ3) is 3.77. The number of hydrogen-bond acceptors (Lipinski definition) is 2. The molecule has 0 unspecified atom stereocenters. The van der Waals surface area contributed by atoms with Crippen LogP contribution in [0.25, 0.3) is 0 Å². The monoisotopic (exact) mass is 430 g/mol. The second-order valence-electron chi connectivity index (χ2n) is 3.85. The molecule has 0 heterocycles. The molecule has 0 saturated heterocycles. The first-order valence-electron chi connectivity index (χ1n) is 5.13. The lowest BCUT2D eigenvalue weighted by atomic mass is 10.1. The fourth-order valence-corrected chi connectivity index (χ4v) is 1.78. The van der Waals surface area contributed by atoms with Crippen LogP contribution in [0.15, 0.2) is 24.3 Å². The van der Waals surface area contributed by atoms with Crippen LogP contribution in [0.4, 0.5) is 30.7 Å². The maximum Gasteiger partial charge on any atom is 0.460 e. The number of ether oxygens (including phenoxy) is 1. The van der Waals surface area contributed by atoms with Gasteiger partial charge in [-0.05, 0) is 40.3 Å². The maximum absolute atomic E-state index is 12.9. The third-order valence-corrected chi connectivity index (χ3v) is 2.94. The van der Waals surface area contributed by atoms with E-state index in [4.69, 9.17) is 0 Å². The van der Waals surface area contributed by atoms with Gasteiger partial charge < -0.3 is 4.74 Å². The molecular formula is C11H6F7IO2. The summed E-state index contributed by atoms with van der Waals surface area (Å²) in [7, 11) is 0. The fraction of sp³-hybridized carbons (Fsp3) is 0.364. The number of benzene rings is 1. The molecule has 2 nitrogen and oxygen atoms in total. The predicted octanol–water partition coefficient (Wildman–Crippen LogP) is 4.17. The number of esters is 1. The lowest BCUT2D eigenvalue weighted by molar-refractivity contribution is -0.348. The average molecular weight is 430 g/mol. The van der Waals surface area contributed by atoms with Crippen molar-refractivity contribution in [3.05, 3.63) is 33.4 Å². The van der Waals surface area contributed by atoms with Crippen molar-refractivity contribution in [1.82, 2.24) is 0 Å². The van der Waals surface area contributed by atoms with Crippen molar-refractivity contribution in [3.63, 3.8) is 0 Å². The number of hydrogen-bond donors (Lipinski definition) is 0. The van der Waals surface area contributed by atoms with E-state index in [1.807, 2.05) is 22.6 Å². The van der Waals surface area contributed by atoms with Crippen molar-refractivity contribution in [2.24, 2.45) is 0 Å². The molecular weight excluding hydrogens is 424 g/mol. The van der Waals surface area contributed by atoms with Gasteiger partial charge in [0.25, 0.3) is 0 Å². The zero-order chi connectivity index (χ0) is 16.5. The van der Waals surface area contributed by atoms with Crippen molar-refractivity contribution in [2.75, 3.05) is 0 Å². The molecule has 0 N–H and O–H groups in total. The molecule has 118 valence electrons. The molecule has 0 fully saturated rings. The summed E-state index contributed by atoms with van der Waals surface area (Å²) in [5.41, 5.74) is 0.168. The molecule has 0 aliphatic rings. The van der Waals surface area contributed by atoms with Gasteiger partial charge in [-0.1, -0.05) is 12.1 Å². The number of carbonyl (C=O) groups excluding carboxylic acids is 1. The van der Waals surface area contributed by atoms with Gasteiger partial charge in [-0.3, -0.25) is 0 Å². The van der Waals surface area contributed by atoms with E-state index in [0.717, 1.165) is 0 Å². The van der Waals surface area contributed by atoms with Crippen molar-refractivity contribution < 1.29 is 40.3 Å². The molecule has 0 aromatic heterocycles. The van der Waals surface area contributed by atoms with Crippen LogP contribution in [0.1, 0.15) is 5.56 Å². The fourth-order valence-electron chi connectivity index (χ4n) is 1.17. The molecule has 0 aliphatic heterocycles. The van der Waals surface area contributed by atoms with Gasteiger partial charge in [-0.25, -0.2) is 4.79 Å². The van der Waals surface area contributed by atoms with Crippen molar-refractivity contribution in [3.8, 4) is 0 Å². The lowest BCUT2D eigenvalue weighted by Crippen LogP contribution is -2.56. The minimum absolute atomic E-state index is 0.168. The highest BCUT2D eigenvalue weighted by Gasteiger charge is 2.77. The largest absolute Gasteiger partial charge is 0.460 e. The molecule has 10 heteroatoms. The normalized spacial score (nSPS) is 13.1. The van der Waals surface area contributed by atoms with Gasteiger partial charge in [0.15, 0.2) is 0 Å². The summed E-state index contributed by atoms with van der Waals surface area (Å²) in [6.45, 7) is -0.848. The lowest BCUT2D eigenvalue weighted by Gasteiger charge is -2.26. The number of rotatable bonds is 4. The van der Waals surface area contributed by atoms with E-state index < -0.39 is 30.6 Å². The van der Waals surface area contributed by atoms with Gasteiger partial charge in [0.1, 0.15) is 6.61 Å². The molecule has 0 radical (unpaired) electrons. The second-order valence-corrected chi connectivity index (χ2v) is 5.10. The zero-order valence-electron chi connectivity index (χ0n) is 9.86. The molecule has 0 amide bonds. The van der Waals surface area contributed by atoms with Crippen molar-refractivity contribution in [2.45, 2.75) is 24.6 Å². The summed E-state index contributed by atoms with van der Waals surface area (Å²) in [6.07, 6.45) is -6.57. The zero-order valence-corrected chi connectivity index (χ0v) is 12.0. The van der Waals surface area contributed by atoms with E-state index in [1.165, 1.54) is 18.2 Å². The predicted molar refractivity (Wildman–Crippen MR) is 64.9 cm³/mol. The van der Waals surface area contributed by atoms with Gasteiger partial charge >= 0.3 is 24.0 Å². The van der Waals surface area contributed by atoms with Crippen LogP contribution in [0.2, 0.25) is 0 Å². The summed E-state index contributed by atoms with van der Waals surface area (Å²) in [5, 5.41) is 0. The maximum atomic E-state index is 12.9. The van der Waals surface area contributed by atoms with Gasteiger partial charge in [0.2, 0.25) is 0 Å². The number of carbonyl (C=O) groups is 1. The van der Waals surface area contributed by atoms with Gasteiger partial charge in [0, 0.05) is 3.57 Å². The summed E-state index contributed by atoms with van der Waals surface area (Å²) in [6, 6.07) is 5.79. The van der Waals surface area contributed by atoms with Gasteiger partial charge in [-0.2, -0.15) is 30.7 Å². The highest BCUT2D eigenvalue weighted by atomic mass is 127. The first-order valence-corrected chi connectivity index (χ1v) is 6.21. The minimum Gasteiger partial charge on any atom is -0.456 e. The summed E-state index contributed by atoms with van der Waals surface area (Å²) >= 11 is 1.84. The Hall–Kier alpha value is -1.07. The smallest absolute Gasteiger partial charge is 0.456 e. The summed E-state index contributed by atoms with van der Waals surface area (Å²) in [4.78, 5) is 10.9. The van der Waals surface area contributed by atoms with Crippen molar-refractivity contribution >= 4 is 28.6 Å². The summed E-state index contributed by atoms with van der Waals surface area (Å²) in [5.74, 6) is -15.5. The Morgan fingerprint density at radius 3 is 2.14 bits per heavy atom. The van der Waals surface area contributed by atoms with E-state index >= 15 is 0 Å². The van der Waals surface area contributed by atoms with E-state index in [9.17, 15) is 35.5 Å². The van der Waals surface area contributed by atoms with Crippen LogP contribution in [-0.2, 0) is 16.1 Å². The highest BCUT2D eigenvalue weighted by Crippen LogP contribution is 2.47. The van der Waals surface area contributed by atoms with E-state index in [0.29, 0.717) is 3.57 Å². The first-order chi connectivity index (χ1) is 9.39. The molecule has 21 heavy (non-hydrogen) atoms. The van der Waals surface area contributed by atoms with E-state index in [2.05, 4.69) is 4.74 Å². The Labute approximate surface area is 127 Å². The standard InChI is InChI=1S/C11H6F7IO2/c12-9(13,10(14,15)11(16,17)18)8(20)21-5-6-2-1-3-7(19)4-6/h1-4H,5H2. The molecule has 1 aromatic rings. The van der Waals surface area contributed by atoms with Crippen LogP contribution in [0.5, 0.6) is 0 Å². The molecule has 0 atom stereocenters. The molecule has 0 aliphatic carbocycles. The number of halogens is 8. The van der Waals surface area contributed by atoms with Gasteiger partial charge in [-0.15, -0.1) is 0 Å². The SMILES string of the molecule is O=C(OCc1cccc(I)c1)C(F)(F)C(F)(F)C(F)(F)F. The first kappa shape index (κ1) is 18.0. The van der Waals surface area contributed by atoms with Crippen LogP contribution in [0.3, 0.4) is 0 Å². The molecule has 1 aromatic carbocycles. The van der Waals surface area contributed by atoms with E-state index in [1.54, 1.807) is 6.07 Å². The number of alkyl halides is 7. The molecule has 0 bridgehead atoms. The Kier molecular flexibility index (Phi) is 5.11. The third-order valence-electron chi connectivity index (χ3n) is 2.27. The quantitative estimate of drug-likeness (QED) is 0.408. The van der Waals surface area contributed by atoms with Crippen LogP contribution in [-0.4, -0.2) is 24.0 Å². The highest BCUT2D eigenvalue weighted by molar-refractivity contribution is 14.1. The van der Waals surface area contributed by atoms with Crippen molar-refractivity contribution in [1.29, 1.82) is 0 Å². The molecule has 1 rings (SSSR count). The minimum atomic E-state index is -6.57.